The highest BCUT2D eigenvalue weighted by molar-refractivity contribution is 5.98. The normalized spacial score (nSPS) is 14.0. The number of carbonyl (C=O) groups excluding carboxylic acids is 2. The maximum absolute atomic E-state index is 12.8. The Labute approximate surface area is 204 Å². The van der Waals surface area contributed by atoms with E-state index in [9.17, 15) is 9.59 Å². The first-order chi connectivity index (χ1) is 16.5. The third kappa shape index (κ3) is 8.40. The van der Waals surface area contributed by atoms with Crippen LogP contribution in [0.1, 0.15) is 69.2 Å². The highest BCUT2D eigenvalue weighted by Crippen LogP contribution is 2.20. The van der Waals surface area contributed by atoms with Crippen molar-refractivity contribution in [2.45, 2.75) is 58.8 Å². The molecule has 1 aliphatic rings. The molecule has 2 amide bonds. The van der Waals surface area contributed by atoms with E-state index in [1.165, 1.54) is 25.7 Å². The molecule has 0 aromatic heterocycles. The predicted molar refractivity (Wildman–Crippen MR) is 139 cm³/mol. The Morgan fingerprint density at radius 1 is 0.971 bits per heavy atom. The lowest BCUT2D eigenvalue weighted by atomic mass is 9.98. The Morgan fingerprint density at radius 3 is 2.44 bits per heavy atom. The minimum absolute atomic E-state index is 0.0318. The number of anilines is 2. The van der Waals surface area contributed by atoms with Crippen molar-refractivity contribution in [3.05, 3.63) is 54.1 Å². The first-order valence-corrected chi connectivity index (χ1v) is 12.7. The summed E-state index contributed by atoms with van der Waals surface area (Å²) in [4.78, 5) is 27.1. The quantitative estimate of drug-likeness (QED) is 0.380. The monoisotopic (exact) mass is 465 g/mol. The molecule has 3 rings (SSSR count). The number of amides is 2. The highest BCUT2D eigenvalue weighted by Gasteiger charge is 2.21. The summed E-state index contributed by atoms with van der Waals surface area (Å²) < 4.78 is 5.79. The molecular formula is C28H39N3O3. The fourth-order valence-corrected chi connectivity index (χ4v) is 4.08. The minimum Gasteiger partial charge on any atom is -0.494 e. The summed E-state index contributed by atoms with van der Waals surface area (Å²) in [7, 11) is 0. The molecule has 0 spiro atoms. The van der Waals surface area contributed by atoms with Crippen LogP contribution in [0, 0.1) is 5.92 Å². The van der Waals surface area contributed by atoms with Crippen molar-refractivity contribution >= 4 is 23.2 Å². The van der Waals surface area contributed by atoms with Crippen LogP contribution in [0.3, 0.4) is 0 Å². The van der Waals surface area contributed by atoms with E-state index in [1.54, 1.807) is 12.1 Å². The van der Waals surface area contributed by atoms with Gasteiger partial charge in [-0.3, -0.25) is 9.59 Å². The first-order valence-electron chi connectivity index (χ1n) is 12.7. The number of likely N-dealkylation sites (tertiary alicyclic amines) is 1. The molecule has 1 heterocycles. The maximum Gasteiger partial charge on any atom is 0.253 e. The molecule has 0 saturated carbocycles. The number of piperidine rings is 1. The molecule has 6 heteroatoms. The summed E-state index contributed by atoms with van der Waals surface area (Å²) >= 11 is 0. The van der Waals surface area contributed by atoms with E-state index in [2.05, 4.69) is 24.5 Å². The van der Waals surface area contributed by atoms with Crippen LogP contribution >= 0.6 is 0 Å². The molecule has 1 fully saturated rings. The Balaban J connectivity index is 1.41. The number of benzene rings is 2. The lowest BCUT2D eigenvalue weighted by Crippen LogP contribution is -2.37. The van der Waals surface area contributed by atoms with E-state index in [4.69, 9.17) is 4.74 Å². The zero-order valence-corrected chi connectivity index (χ0v) is 20.6. The molecule has 6 nitrogen and oxygen atoms in total. The third-order valence-electron chi connectivity index (χ3n) is 6.29. The van der Waals surface area contributed by atoms with Gasteiger partial charge in [-0.05, 0) is 67.6 Å². The van der Waals surface area contributed by atoms with E-state index >= 15 is 0 Å². The molecule has 0 unspecified atom stereocenters. The molecule has 2 aromatic rings. The first kappa shape index (κ1) is 25.6. The van der Waals surface area contributed by atoms with Gasteiger partial charge in [-0.25, -0.2) is 0 Å². The lowest BCUT2D eigenvalue weighted by Gasteiger charge is -2.30. The predicted octanol–water partition coefficient (Wildman–Crippen LogP) is 5.96. The zero-order valence-electron chi connectivity index (χ0n) is 20.6. The van der Waals surface area contributed by atoms with Gasteiger partial charge in [0, 0.05) is 30.0 Å². The van der Waals surface area contributed by atoms with Crippen molar-refractivity contribution in [2.24, 2.45) is 5.92 Å². The molecule has 0 aliphatic carbocycles. The van der Waals surface area contributed by atoms with Gasteiger partial charge < -0.3 is 20.3 Å². The van der Waals surface area contributed by atoms with Crippen LogP contribution in [0.2, 0.25) is 0 Å². The molecule has 34 heavy (non-hydrogen) atoms. The number of unbranched alkanes of at least 4 members (excludes halogenated alkanes) is 4. The number of rotatable bonds is 12. The van der Waals surface area contributed by atoms with Crippen molar-refractivity contribution in [1.82, 2.24) is 4.90 Å². The van der Waals surface area contributed by atoms with Gasteiger partial charge in [-0.1, -0.05) is 45.6 Å². The summed E-state index contributed by atoms with van der Waals surface area (Å²) in [5.74, 6) is 1.38. The Hall–Kier alpha value is -3.02. The molecule has 184 valence electrons. The van der Waals surface area contributed by atoms with Crippen molar-refractivity contribution in [3.63, 3.8) is 0 Å². The lowest BCUT2D eigenvalue weighted by molar-refractivity contribution is -0.114. The average Bonchev–Trinajstić information content (AvgIpc) is 2.86. The van der Waals surface area contributed by atoms with Gasteiger partial charge in [-0.15, -0.1) is 0 Å². The molecule has 0 bridgehead atoms. The minimum atomic E-state index is -0.163. The second-order valence-corrected chi connectivity index (χ2v) is 9.24. The van der Waals surface area contributed by atoms with Crippen molar-refractivity contribution in [3.8, 4) is 5.75 Å². The smallest absolute Gasteiger partial charge is 0.253 e. The SMILES string of the molecule is CCCCCCCOc1ccc(NCC(=O)Nc2cccc(C(=O)N3CCC(C)CC3)c2)cc1. The van der Waals surface area contributed by atoms with Crippen molar-refractivity contribution < 1.29 is 14.3 Å². The summed E-state index contributed by atoms with van der Waals surface area (Å²) in [5.41, 5.74) is 2.10. The van der Waals surface area contributed by atoms with Crippen LogP contribution in [0.4, 0.5) is 11.4 Å². The van der Waals surface area contributed by atoms with E-state index in [0.29, 0.717) is 17.2 Å². The number of nitrogens with zero attached hydrogens (tertiary/aromatic N) is 1. The van der Waals surface area contributed by atoms with Crippen LogP contribution in [0.5, 0.6) is 5.75 Å². The second kappa shape index (κ2) is 13.6. The maximum atomic E-state index is 12.8. The van der Waals surface area contributed by atoms with Gasteiger partial charge in [0.25, 0.3) is 5.91 Å². The summed E-state index contributed by atoms with van der Waals surface area (Å²) in [6.45, 7) is 6.90. The standard InChI is InChI=1S/C28H39N3O3/c1-3-4-5-6-7-19-34-26-13-11-24(12-14-26)29-21-27(32)30-25-10-8-9-23(20-25)28(33)31-17-15-22(2)16-18-31/h8-14,20,22,29H,3-7,15-19,21H2,1-2H3,(H,30,32). The highest BCUT2D eigenvalue weighted by atomic mass is 16.5. The van der Waals surface area contributed by atoms with E-state index in [-0.39, 0.29) is 18.4 Å². The Bertz CT molecular complexity index is 905. The molecule has 1 saturated heterocycles. The Kier molecular flexibility index (Phi) is 10.3. The van der Waals surface area contributed by atoms with Gasteiger partial charge >= 0.3 is 0 Å². The van der Waals surface area contributed by atoms with Gasteiger partial charge in [-0.2, -0.15) is 0 Å². The van der Waals surface area contributed by atoms with Crippen LogP contribution < -0.4 is 15.4 Å². The number of hydrogen-bond donors (Lipinski definition) is 2. The fraction of sp³-hybridized carbons (Fsp3) is 0.500. The van der Waals surface area contributed by atoms with E-state index < -0.39 is 0 Å². The van der Waals surface area contributed by atoms with Gasteiger partial charge in [0.1, 0.15) is 5.75 Å². The second-order valence-electron chi connectivity index (χ2n) is 9.24. The molecule has 2 aromatic carbocycles. The van der Waals surface area contributed by atoms with Crippen LogP contribution in [-0.2, 0) is 4.79 Å². The molecule has 2 N–H and O–H groups in total. The number of ether oxygens (including phenoxy) is 1. The third-order valence-corrected chi connectivity index (χ3v) is 6.29. The number of hydrogen-bond acceptors (Lipinski definition) is 4. The van der Waals surface area contributed by atoms with Crippen LogP contribution in [0.15, 0.2) is 48.5 Å². The van der Waals surface area contributed by atoms with Crippen molar-refractivity contribution in [2.75, 3.05) is 36.9 Å². The fourth-order valence-electron chi connectivity index (χ4n) is 4.08. The average molecular weight is 466 g/mol. The van der Waals surface area contributed by atoms with Gasteiger partial charge in [0.15, 0.2) is 0 Å². The molecule has 0 radical (unpaired) electrons. The van der Waals surface area contributed by atoms with E-state index in [1.807, 2.05) is 41.3 Å². The Morgan fingerprint density at radius 2 is 1.71 bits per heavy atom. The molecule has 0 atom stereocenters. The van der Waals surface area contributed by atoms with Gasteiger partial charge in [0.2, 0.25) is 5.91 Å². The van der Waals surface area contributed by atoms with Crippen LogP contribution in [0.25, 0.3) is 0 Å². The van der Waals surface area contributed by atoms with Crippen molar-refractivity contribution in [1.29, 1.82) is 0 Å². The largest absolute Gasteiger partial charge is 0.494 e. The number of nitrogens with one attached hydrogen (secondary N) is 2. The number of carbonyl (C=O) groups is 2. The molecular weight excluding hydrogens is 426 g/mol. The van der Waals surface area contributed by atoms with Gasteiger partial charge in [0.05, 0.1) is 13.2 Å². The summed E-state index contributed by atoms with van der Waals surface area (Å²) in [6, 6.07) is 14.9. The van der Waals surface area contributed by atoms with Crippen LogP contribution in [-0.4, -0.2) is 43.0 Å². The summed E-state index contributed by atoms with van der Waals surface area (Å²) in [5, 5.41) is 6.01. The summed E-state index contributed by atoms with van der Waals surface area (Å²) in [6.07, 6.45) is 8.16. The molecule has 1 aliphatic heterocycles. The zero-order chi connectivity index (χ0) is 24.2. The topological polar surface area (TPSA) is 70.7 Å². The van der Waals surface area contributed by atoms with E-state index in [0.717, 1.165) is 50.4 Å².